The molecule has 0 atom stereocenters. The summed E-state index contributed by atoms with van der Waals surface area (Å²) in [5.74, 6) is -1.62. The molecular formula is C54H32F4. The highest BCUT2D eigenvalue weighted by atomic mass is 19.1. The molecule has 10 rings (SSSR count). The van der Waals surface area contributed by atoms with E-state index < -0.39 is 23.3 Å². The van der Waals surface area contributed by atoms with Gasteiger partial charge in [0, 0.05) is 0 Å². The van der Waals surface area contributed by atoms with Crippen LogP contribution in [0.1, 0.15) is 0 Å². The van der Waals surface area contributed by atoms with Crippen molar-refractivity contribution in [2.45, 2.75) is 0 Å². The zero-order chi connectivity index (χ0) is 39.3. The average Bonchev–Trinajstić information content (AvgIpc) is 3.26. The van der Waals surface area contributed by atoms with Crippen LogP contribution in [-0.2, 0) is 0 Å². The summed E-state index contributed by atoms with van der Waals surface area (Å²) >= 11 is 0. The quantitative estimate of drug-likeness (QED) is 0.117. The van der Waals surface area contributed by atoms with E-state index in [1.165, 1.54) is 36.4 Å². The molecule has 0 fully saturated rings. The molecule has 0 aliphatic rings. The van der Waals surface area contributed by atoms with Gasteiger partial charge in [-0.3, -0.25) is 0 Å². The number of halogens is 4. The maximum atomic E-state index is 15.8. The van der Waals surface area contributed by atoms with Gasteiger partial charge >= 0.3 is 0 Å². The molecule has 0 aliphatic heterocycles. The van der Waals surface area contributed by atoms with Crippen LogP contribution in [-0.4, -0.2) is 0 Å². The Morgan fingerprint density at radius 1 is 0.207 bits per heavy atom. The van der Waals surface area contributed by atoms with Gasteiger partial charge in [0.1, 0.15) is 23.3 Å². The molecule has 276 valence electrons. The standard InChI is InChI=1S/C54H32F4/c55-41-23-19-39(20-24-41)49-46-30-28-44(58)32-48(46)52(38-17-13-36(14-18-38)34-9-5-2-6-10-34)54-50(40-21-25-42(56)26-22-40)45-29-27-43(57)31-47(45)51(53(49)54)37-15-11-35(12-16-37)33-7-3-1-4-8-33/h1-32H. The summed E-state index contributed by atoms with van der Waals surface area (Å²) in [7, 11) is 0. The molecule has 10 aromatic carbocycles. The Bertz CT molecular complexity index is 2920. The van der Waals surface area contributed by atoms with Gasteiger partial charge in [0.2, 0.25) is 0 Å². The summed E-state index contributed by atoms with van der Waals surface area (Å²) in [6, 6.07) is 58.8. The van der Waals surface area contributed by atoms with Gasteiger partial charge in [0.25, 0.3) is 0 Å². The van der Waals surface area contributed by atoms with E-state index in [2.05, 4.69) is 72.8 Å². The Balaban J connectivity index is 1.44. The molecule has 0 unspecified atom stereocenters. The van der Waals surface area contributed by atoms with E-state index in [9.17, 15) is 8.78 Å². The molecule has 0 bridgehead atoms. The Labute approximate surface area is 332 Å². The molecule has 0 aromatic heterocycles. The fourth-order valence-corrected chi connectivity index (χ4v) is 8.52. The van der Waals surface area contributed by atoms with E-state index in [-0.39, 0.29) is 0 Å². The van der Waals surface area contributed by atoms with Gasteiger partial charge in [0.05, 0.1) is 0 Å². The normalized spacial score (nSPS) is 11.4. The van der Waals surface area contributed by atoms with Crippen LogP contribution in [0.15, 0.2) is 194 Å². The molecule has 4 heteroatoms. The van der Waals surface area contributed by atoms with E-state index in [0.717, 1.165) is 77.2 Å². The molecule has 10 aromatic rings. The lowest BCUT2D eigenvalue weighted by molar-refractivity contribution is 0.627. The SMILES string of the molecule is Fc1ccc(-c2c3ccc(F)cc3c(-c3ccc(-c4ccccc4)cc3)c3c(-c4ccc(F)cc4)c4ccc(F)cc4c(-c4ccc(-c5ccccc5)cc4)c23)cc1. The van der Waals surface area contributed by atoms with Crippen LogP contribution in [0.4, 0.5) is 17.6 Å². The summed E-state index contributed by atoms with van der Waals surface area (Å²) in [6.07, 6.45) is 0. The van der Waals surface area contributed by atoms with Crippen LogP contribution in [0, 0.1) is 23.3 Å². The molecule has 0 nitrogen and oxygen atoms in total. The van der Waals surface area contributed by atoms with Gasteiger partial charge < -0.3 is 0 Å². The molecule has 0 N–H and O–H groups in total. The van der Waals surface area contributed by atoms with E-state index in [4.69, 9.17) is 0 Å². The fraction of sp³-hybridized carbons (Fsp3) is 0. The minimum absolute atomic E-state index is 0.394. The zero-order valence-electron chi connectivity index (χ0n) is 31.0. The van der Waals surface area contributed by atoms with Crippen molar-refractivity contribution >= 4 is 32.3 Å². The highest BCUT2D eigenvalue weighted by Gasteiger charge is 2.27. The molecule has 0 spiro atoms. The predicted octanol–water partition coefficient (Wildman–Crippen LogP) is 15.7. The Kier molecular flexibility index (Phi) is 8.68. The second-order valence-electron chi connectivity index (χ2n) is 14.5. The molecule has 0 amide bonds. The van der Waals surface area contributed by atoms with Gasteiger partial charge in [-0.2, -0.15) is 0 Å². The lowest BCUT2D eigenvalue weighted by atomic mass is 9.77. The summed E-state index contributed by atoms with van der Waals surface area (Å²) < 4.78 is 60.9. The van der Waals surface area contributed by atoms with Crippen LogP contribution >= 0.6 is 0 Å². The van der Waals surface area contributed by atoms with E-state index in [1.807, 2.05) is 36.4 Å². The molecular weight excluding hydrogens is 725 g/mol. The van der Waals surface area contributed by atoms with Crippen molar-refractivity contribution in [2.75, 3.05) is 0 Å². The average molecular weight is 757 g/mol. The molecule has 0 radical (unpaired) electrons. The molecule has 0 saturated heterocycles. The van der Waals surface area contributed by atoms with E-state index in [1.54, 1.807) is 48.5 Å². The van der Waals surface area contributed by atoms with Crippen LogP contribution < -0.4 is 0 Å². The highest BCUT2D eigenvalue weighted by molar-refractivity contribution is 6.33. The third-order valence-electron chi connectivity index (χ3n) is 11.1. The van der Waals surface area contributed by atoms with Gasteiger partial charge in [-0.15, -0.1) is 0 Å². The van der Waals surface area contributed by atoms with Gasteiger partial charge in [-0.1, -0.05) is 146 Å². The van der Waals surface area contributed by atoms with Gasteiger partial charge in [-0.25, -0.2) is 17.6 Å². The third-order valence-corrected chi connectivity index (χ3v) is 11.1. The Morgan fingerprint density at radius 3 is 0.810 bits per heavy atom. The van der Waals surface area contributed by atoms with Crippen LogP contribution in [0.5, 0.6) is 0 Å². The minimum atomic E-state index is -0.415. The first-order valence-electron chi connectivity index (χ1n) is 19.1. The Morgan fingerprint density at radius 2 is 0.466 bits per heavy atom. The number of benzene rings is 10. The Hall–Kier alpha value is -7.30. The van der Waals surface area contributed by atoms with Crippen molar-refractivity contribution in [3.8, 4) is 66.8 Å². The third kappa shape index (κ3) is 6.11. The van der Waals surface area contributed by atoms with Crippen molar-refractivity contribution in [1.29, 1.82) is 0 Å². The van der Waals surface area contributed by atoms with Crippen molar-refractivity contribution in [2.24, 2.45) is 0 Å². The van der Waals surface area contributed by atoms with Gasteiger partial charge in [-0.05, 0) is 148 Å². The second-order valence-corrected chi connectivity index (χ2v) is 14.5. The van der Waals surface area contributed by atoms with Crippen LogP contribution in [0.2, 0.25) is 0 Å². The summed E-state index contributed by atoms with van der Waals surface area (Å²) in [5.41, 5.74) is 10.3. The predicted molar refractivity (Wildman–Crippen MR) is 231 cm³/mol. The minimum Gasteiger partial charge on any atom is -0.207 e. The van der Waals surface area contributed by atoms with Crippen LogP contribution in [0.3, 0.4) is 0 Å². The fourth-order valence-electron chi connectivity index (χ4n) is 8.52. The van der Waals surface area contributed by atoms with Crippen LogP contribution in [0.25, 0.3) is 99.1 Å². The lowest BCUT2D eigenvalue weighted by Crippen LogP contribution is -1.99. The molecule has 0 heterocycles. The maximum absolute atomic E-state index is 15.8. The smallest absolute Gasteiger partial charge is 0.123 e. The highest BCUT2D eigenvalue weighted by Crippen LogP contribution is 2.54. The number of hydrogen-bond acceptors (Lipinski definition) is 0. The van der Waals surface area contributed by atoms with E-state index in [0.29, 0.717) is 21.9 Å². The topological polar surface area (TPSA) is 0 Å². The largest absolute Gasteiger partial charge is 0.207 e. The molecule has 0 saturated carbocycles. The molecule has 0 aliphatic carbocycles. The second kappa shape index (κ2) is 14.3. The van der Waals surface area contributed by atoms with E-state index >= 15 is 8.78 Å². The summed E-state index contributed by atoms with van der Waals surface area (Å²) in [4.78, 5) is 0. The van der Waals surface area contributed by atoms with Crippen molar-refractivity contribution in [3.63, 3.8) is 0 Å². The van der Waals surface area contributed by atoms with Crippen molar-refractivity contribution in [3.05, 3.63) is 217 Å². The number of hydrogen-bond donors (Lipinski definition) is 0. The summed E-state index contributed by atoms with van der Waals surface area (Å²) in [6.45, 7) is 0. The number of rotatable bonds is 6. The lowest BCUT2D eigenvalue weighted by Gasteiger charge is -2.25. The molecule has 58 heavy (non-hydrogen) atoms. The first-order chi connectivity index (χ1) is 28.4. The maximum Gasteiger partial charge on any atom is 0.123 e. The zero-order valence-corrected chi connectivity index (χ0v) is 31.0. The first kappa shape index (κ1) is 35.1. The van der Waals surface area contributed by atoms with Gasteiger partial charge in [0.15, 0.2) is 0 Å². The monoisotopic (exact) mass is 756 g/mol. The first-order valence-corrected chi connectivity index (χ1v) is 19.1. The van der Waals surface area contributed by atoms with Crippen molar-refractivity contribution in [1.82, 2.24) is 0 Å². The van der Waals surface area contributed by atoms with Crippen molar-refractivity contribution < 1.29 is 17.6 Å². The number of fused-ring (bicyclic) bond motifs is 3. The summed E-state index contributed by atoms with van der Waals surface area (Å²) in [5, 5.41) is 4.33.